The molecule has 0 nitrogen and oxygen atoms in total. The van der Waals surface area contributed by atoms with Crippen molar-refractivity contribution >= 4 is 5.57 Å². The zero-order valence-electron chi connectivity index (χ0n) is 20.8. The highest BCUT2D eigenvalue weighted by Crippen LogP contribution is 2.40. The van der Waals surface area contributed by atoms with E-state index in [1.165, 1.54) is 77.5 Å². The topological polar surface area (TPSA) is 0 Å². The van der Waals surface area contributed by atoms with E-state index in [4.69, 9.17) is 0 Å². The van der Waals surface area contributed by atoms with Gasteiger partial charge < -0.3 is 0 Å². The van der Waals surface area contributed by atoms with Crippen molar-refractivity contribution in [2.75, 3.05) is 0 Å². The van der Waals surface area contributed by atoms with E-state index in [1.54, 1.807) is 0 Å². The van der Waals surface area contributed by atoms with E-state index in [2.05, 4.69) is 90.2 Å². The lowest BCUT2D eigenvalue weighted by atomic mass is 9.73. The Kier molecular flexibility index (Phi) is 10.3. The van der Waals surface area contributed by atoms with Crippen LogP contribution in [0.2, 0.25) is 0 Å². The molecule has 2 unspecified atom stereocenters. The van der Waals surface area contributed by atoms with Gasteiger partial charge in [-0.15, -0.1) is 0 Å². The first kappa shape index (κ1) is 25.2. The molecule has 0 N–H and O–H groups in total. The maximum atomic E-state index is 4.66. The fraction of sp³-hybridized carbons (Fsp3) is 0.484. The fourth-order valence-electron chi connectivity index (χ4n) is 4.85. The Bertz CT molecular complexity index is 837. The predicted molar refractivity (Wildman–Crippen MR) is 140 cm³/mol. The smallest absolute Gasteiger partial charge is 0.00739 e. The highest BCUT2D eigenvalue weighted by atomic mass is 14.3. The lowest BCUT2D eigenvalue weighted by Gasteiger charge is -2.31. The summed E-state index contributed by atoms with van der Waals surface area (Å²) in [6, 6.07) is 16.0. The van der Waals surface area contributed by atoms with Crippen LogP contribution in [-0.2, 0) is 12.8 Å². The Morgan fingerprint density at radius 2 is 1.52 bits per heavy atom. The van der Waals surface area contributed by atoms with Crippen LogP contribution in [0.1, 0.15) is 87.1 Å². The number of hydrogen-bond acceptors (Lipinski definition) is 0. The normalized spacial score (nSPS) is 13.1. The summed E-state index contributed by atoms with van der Waals surface area (Å²) in [5.41, 5.74) is 9.48. The van der Waals surface area contributed by atoms with Gasteiger partial charge in [-0.2, -0.15) is 0 Å². The molecule has 168 valence electrons. The van der Waals surface area contributed by atoms with E-state index in [0.29, 0.717) is 11.8 Å². The Labute approximate surface area is 192 Å². The summed E-state index contributed by atoms with van der Waals surface area (Å²) in [6.45, 7) is 20.6. The van der Waals surface area contributed by atoms with Crippen molar-refractivity contribution in [3.63, 3.8) is 0 Å². The molecule has 0 aromatic heterocycles. The summed E-state index contributed by atoms with van der Waals surface area (Å²) >= 11 is 0. The van der Waals surface area contributed by atoms with Crippen molar-refractivity contribution < 1.29 is 0 Å². The van der Waals surface area contributed by atoms with E-state index in [0.717, 1.165) is 12.8 Å². The zero-order chi connectivity index (χ0) is 22.8. The van der Waals surface area contributed by atoms with Crippen LogP contribution in [0.5, 0.6) is 0 Å². The van der Waals surface area contributed by atoms with Crippen LogP contribution in [0.3, 0.4) is 0 Å². The van der Waals surface area contributed by atoms with Gasteiger partial charge in [0.1, 0.15) is 0 Å². The van der Waals surface area contributed by atoms with E-state index >= 15 is 0 Å². The lowest BCUT2D eigenvalue weighted by molar-refractivity contribution is 0.393. The first-order valence-electron chi connectivity index (χ1n) is 12.4. The highest BCUT2D eigenvalue weighted by Gasteiger charge is 2.26. The Hall–Kier alpha value is -2.08. The van der Waals surface area contributed by atoms with Gasteiger partial charge in [-0.1, -0.05) is 107 Å². The van der Waals surface area contributed by atoms with Crippen LogP contribution in [-0.4, -0.2) is 0 Å². The number of rotatable bonds is 13. The maximum Gasteiger partial charge on any atom is 0.00739 e. The number of benzene rings is 2. The molecule has 0 aliphatic rings. The highest BCUT2D eigenvalue weighted by molar-refractivity contribution is 5.70. The second kappa shape index (κ2) is 12.7. The van der Waals surface area contributed by atoms with Gasteiger partial charge in [-0.05, 0) is 79.7 Å². The Morgan fingerprint density at radius 1 is 0.839 bits per heavy atom. The maximum absolute atomic E-state index is 4.66. The third-order valence-electron chi connectivity index (χ3n) is 6.78. The minimum Gasteiger partial charge on any atom is -0.0992 e. The number of allylic oxidation sites excluding steroid dienone is 2. The monoisotopic (exact) mass is 416 g/mol. The fourth-order valence-corrected chi connectivity index (χ4v) is 4.85. The second-order valence-corrected chi connectivity index (χ2v) is 9.36. The first-order chi connectivity index (χ1) is 14.9. The summed E-state index contributed by atoms with van der Waals surface area (Å²) < 4.78 is 0. The molecule has 2 aromatic rings. The van der Waals surface area contributed by atoms with Crippen molar-refractivity contribution in [1.29, 1.82) is 0 Å². The van der Waals surface area contributed by atoms with E-state index in [-0.39, 0.29) is 0 Å². The molecule has 31 heavy (non-hydrogen) atoms. The molecule has 0 radical (unpaired) electrons. The Morgan fingerprint density at radius 3 is 2.10 bits per heavy atom. The van der Waals surface area contributed by atoms with Crippen molar-refractivity contribution in [3.8, 4) is 0 Å². The Balaban J connectivity index is 2.24. The molecule has 0 heteroatoms. The molecule has 0 saturated heterocycles. The summed E-state index contributed by atoms with van der Waals surface area (Å²) in [5, 5.41) is 0. The van der Waals surface area contributed by atoms with Gasteiger partial charge in [0.15, 0.2) is 0 Å². The summed E-state index contributed by atoms with van der Waals surface area (Å²) in [5.74, 6) is 0.970. The standard InChI is InChI=1S/C31H44/c1-8-11-13-28-20-21-30(25(6)22-28)26(7)31(29(10-3)12-9-2)24(5)16-19-27-17-14-23(4)15-18-27/h14-15,17-18,20-22,29,31H,5,7-13,16,19H2,1-4,6H3. The van der Waals surface area contributed by atoms with E-state index in [1.807, 2.05) is 0 Å². The second-order valence-electron chi connectivity index (χ2n) is 9.36. The predicted octanol–water partition coefficient (Wildman–Crippen LogP) is 9.29. The lowest BCUT2D eigenvalue weighted by Crippen LogP contribution is -2.19. The molecule has 0 fully saturated rings. The van der Waals surface area contributed by atoms with Crippen LogP contribution in [0.15, 0.2) is 61.2 Å². The quantitative estimate of drug-likeness (QED) is 0.285. The number of hydrogen-bond donors (Lipinski definition) is 0. The van der Waals surface area contributed by atoms with Crippen molar-refractivity contribution in [3.05, 3.63) is 89.0 Å². The summed E-state index contributed by atoms with van der Waals surface area (Å²) in [4.78, 5) is 0. The van der Waals surface area contributed by atoms with E-state index < -0.39 is 0 Å². The van der Waals surface area contributed by atoms with Gasteiger partial charge in [0.25, 0.3) is 0 Å². The third-order valence-corrected chi connectivity index (χ3v) is 6.78. The molecular weight excluding hydrogens is 372 g/mol. The molecule has 0 aliphatic carbocycles. The van der Waals surface area contributed by atoms with Gasteiger partial charge in [-0.25, -0.2) is 0 Å². The van der Waals surface area contributed by atoms with Gasteiger partial charge in [0.2, 0.25) is 0 Å². The molecule has 0 spiro atoms. The van der Waals surface area contributed by atoms with Crippen LogP contribution >= 0.6 is 0 Å². The van der Waals surface area contributed by atoms with Crippen LogP contribution in [0, 0.1) is 25.7 Å². The minimum atomic E-state index is 0.357. The molecule has 2 aromatic carbocycles. The summed E-state index contributed by atoms with van der Waals surface area (Å²) in [7, 11) is 0. The SMILES string of the molecule is C=C(CCc1ccc(C)cc1)C(C(=C)c1ccc(CCCC)cc1C)C(CC)CCC. The molecule has 0 heterocycles. The van der Waals surface area contributed by atoms with Crippen LogP contribution in [0.25, 0.3) is 5.57 Å². The van der Waals surface area contributed by atoms with Crippen molar-refractivity contribution in [2.24, 2.45) is 11.8 Å². The third kappa shape index (κ3) is 7.23. The number of unbranched alkanes of at least 4 members (excludes halogenated alkanes) is 1. The average molecular weight is 417 g/mol. The van der Waals surface area contributed by atoms with E-state index in [9.17, 15) is 0 Å². The minimum absolute atomic E-state index is 0.357. The van der Waals surface area contributed by atoms with Gasteiger partial charge in [-0.3, -0.25) is 0 Å². The first-order valence-corrected chi connectivity index (χ1v) is 12.4. The molecule has 2 atom stereocenters. The number of aryl methyl sites for hydroxylation is 4. The molecule has 0 bridgehead atoms. The van der Waals surface area contributed by atoms with Crippen LogP contribution < -0.4 is 0 Å². The van der Waals surface area contributed by atoms with Gasteiger partial charge in [0.05, 0.1) is 0 Å². The van der Waals surface area contributed by atoms with Crippen LogP contribution in [0.4, 0.5) is 0 Å². The molecule has 2 rings (SSSR count). The largest absolute Gasteiger partial charge is 0.0992 e. The molecular formula is C31H44. The van der Waals surface area contributed by atoms with Gasteiger partial charge in [0, 0.05) is 5.92 Å². The molecule has 0 saturated carbocycles. The summed E-state index contributed by atoms with van der Waals surface area (Å²) in [6.07, 6.45) is 9.37. The molecule has 0 amide bonds. The van der Waals surface area contributed by atoms with Crippen molar-refractivity contribution in [1.82, 2.24) is 0 Å². The average Bonchev–Trinajstić information content (AvgIpc) is 2.76. The molecule has 0 aliphatic heterocycles. The van der Waals surface area contributed by atoms with Gasteiger partial charge >= 0.3 is 0 Å². The zero-order valence-corrected chi connectivity index (χ0v) is 20.8. The van der Waals surface area contributed by atoms with Crippen molar-refractivity contribution in [2.45, 2.75) is 86.0 Å².